The number of benzene rings is 2. The number of hydrogen-bond donors (Lipinski definition) is 0. The number of methoxy groups -OCH3 is 1. The highest BCUT2D eigenvalue weighted by Gasteiger charge is 2.24. The molecule has 0 aliphatic rings. The van der Waals surface area contributed by atoms with Gasteiger partial charge < -0.3 is 4.74 Å². The van der Waals surface area contributed by atoms with Crippen LogP contribution in [0.2, 0.25) is 0 Å². The second-order valence-corrected chi connectivity index (χ2v) is 9.71. The summed E-state index contributed by atoms with van der Waals surface area (Å²) in [4.78, 5) is 22.0. The van der Waals surface area contributed by atoms with E-state index in [0.29, 0.717) is 23.2 Å². The van der Waals surface area contributed by atoms with Crippen molar-refractivity contribution >= 4 is 43.9 Å². The van der Waals surface area contributed by atoms with Crippen molar-refractivity contribution in [3.8, 4) is 16.9 Å². The Labute approximate surface area is 206 Å². The average molecular weight is 489 g/mol. The molecule has 0 bridgehead atoms. The first-order chi connectivity index (χ1) is 16.7. The Hall–Kier alpha value is -3.33. The number of thiophene rings is 1. The first kappa shape index (κ1) is 22.5. The van der Waals surface area contributed by atoms with Crippen molar-refractivity contribution in [1.82, 2.24) is 14.8 Å². The van der Waals surface area contributed by atoms with Crippen molar-refractivity contribution in [2.45, 2.75) is 13.3 Å². The van der Waals surface area contributed by atoms with E-state index in [9.17, 15) is 4.79 Å². The van der Waals surface area contributed by atoms with E-state index >= 15 is 0 Å². The maximum Gasteiger partial charge on any atom is 0.270 e. The zero-order chi connectivity index (χ0) is 23.5. The number of carbonyl (C=O) groups excluding carboxylic acids is 1. The topological polar surface area (TPSA) is 60.2 Å². The minimum atomic E-state index is -0.0507. The van der Waals surface area contributed by atoms with E-state index < -0.39 is 0 Å². The van der Waals surface area contributed by atoms with Gasteiger partial charge in [-0.15, -0.1) is 22.7 Å². The molecule has 1 amide bonds. The number of nitrogens with zero attached hydrogens (tertiary/aromatic N) is 4. The third-order valence-corrected chi connectivity index (χ3v) is 7.49. The van der Waals surface area contributed by atoms with Gasteiger partial charge in [0.2, 0.25) is 0 Å². The number of anilines is 1. The molecule has 5 aromatic rings. The molecule has 172 valence electrons. The third-order valence-electron chi connectivity index (χ3n) is 5.52. The van der Waals surface area contributed by atoms with Crippen LogP contribution in [0.4, 0.5) is 5.13 Å². The van der Waals surface area contributed by atoms with Crippen molar-refractivity contribution in [3.05, 3.63) is 82.7 Å². The van der Waals surface area contributed by atoms with Gasteiger partial charge in [0.1, 0.15) is 4.83 Å². The lowest BCUT2D eigenvalue weighted by Gasteiger charge is -2.19. The summed E-state index contributed by atoms with van der Waals surface area (Å²) in [5.41, 5.74) is 3.79. The number of thiazole rings is 1. The lowest BCUT2D eigenvalue weighted by atomic mass is 10.2. The molecule has 5 rings (SSSR count). The Balaban J connectivity index is 1.50. The van der Waals surface area contributed by atoms with Gasteiger partial charge in [-0.2, -0.15) is 5.10 Å². The fourth-order valence-electron chi connectivity index (χ4n) is 3.81. The maximum atomic E-state index is 13.7. The van der Waals surface area contributed by atoms with Gasteiger partial charge in [-0.1, -0.05) is 48.5 Å². The van der Waals surface area contributed by atoms with Crippen molar-refractivity contribution in [1.29, 1.82) is 0 Å². The molecule has 3 heterocycles. The number of ether oxygens (including phenoxy) is 1. The largest absolute Gasteiger partial charge is 0.385 e. The number of fused-ring (bicyclic) bond motifs is 1. The molecule has 0 unspecified atom stereocenters. The van der Waals surface area contributed by atoms with Crippen LogP contribution in [0.3, 0.4) is 0 Å². The number of para-hydroxylation sites is 1. The highest BCUT2D eigenvalue weighted by atomic mass is 32.1. The number of rotatable bonds is 8. The fourth-order valence-corrected chi connectivity index (χ4v) is 5.80. The van der Waals surface area contributed by atoms with Gasteiger partial charge >= 0.3 is 0 Å². The maximum absolute atomic E-state index is 13.7. The van der Waals surface area contributed by atoms with E-state index in [1.165, 1.54) is 22.7 Å². The fraction of sp³-hybridized carbons (Fsp3) is 0.192. The van der Waals surface area contributed by atoms with Gasteiger partial charge in [-0.05, 0) is 31.5 Å². The van der Waals surface area contributed by atoms with Gasteiger partial charge in [-0.3, -0.25) is 9.69 Å². The van der Waals surface area contributed by atoms with Crippen LogP contribution in [0, 0.1) is 6.92 Å². The summed E-state index contributed by atoms with van der Waals surface area (Å²) in [5, 5.41) is 8.39. The molecule has 0 atom stereocenters. The normalized spacial score (nSPS) is 11.2. The summed E-state index contributed by atoms with van der Waals surface area (Å²) in [6.45, 7) is 3.09. The highest BCUT2D eigenvalue weighted by molar-refractivity contribution is 7.20. The molecule has 0 aliphatic carbocycles. The van der Waals surface area contributed by atoms with Crippen molar-refractivity contribution < 1.29 is 9.53 Å². The zero-order valence-corrected chi connectivity index (χ0v) is 20.6. The van der Waals surface area contributed by atoms with E-state index in [1.54, 1.807) is 12.0 Å². The quantitative estimate of drug-likeness (QED) is 0.244. The molecule has 0 radical (unpaired) electrons. The Bertz CT molecular complexity index is 1410. The number of hydrogen-bond acceptors (Lipinski definition) is 6. The standard InChI is InChI=1S/C26H24N4O2S2/c1-18-21-16-23(34-25(21)30(28-18)20-12-7-4-8-13-20)24(31)29(14-9-15-32-2)26-27-22(17-33-26)19-10-5-3-6-11-19/h3-8,10-13,16-17H,9,14-15H2,1-2H3. The van der Waals surface area contributed by atoms with Crippen LogP contribution < -0.4 is 4.90 Å². The average Bonchev–Trinajstić information content (AvgIpc) is 3.60. The molecule has 0 aliphatic heterocycles. The molecule has 0 saturated heterocycles. The van der Waals surface area contributed by atoms with Crippen molar-refractivity contribution in [3.63, 3.8) is 0 Å². The number of amides is 1. The first-order valence-electron chi connectivity index (χ1n) is 11.0. The summed E-state index contributed by atoms with van der Waals surface area (Å²) in [7, 11) is 1.67. The van der Waals surface area contributed by atoms with Gasteiger partial charge in [0.15, 0.2) is 5.13 Å². The zero-order valence-electron chi connectivity index (χ0n) is 19.0. The molecule has 2 aromatic carbocycles. The molecule has 0 N–H and O–H groups in total. The smallest absolute Gasteiger partial charge is 0.270 e. The Morgan fingerprint density at radius 2 is 1.82 bits per heavy atom. The van der Waals surface area contributed by atoms with Gasteiger partial charge in [0.25, 0.3) is 5.91 Å². The second kappa shape index (κ2) is 9.89. The molecule has 34 heavy (non-hydrogen) atoms. The van der Waals surface area contributed by atoms with Crippen LogP contribution in [0.5, 0.6) is 0 Å². The van der Waals surface area contributed by atoms with Gasteiger partial charge in [-0.25, -0.2) is 9.67 Å². The van der Waals surface area contributed by atoms with E-state index in [1.807, 2.05) is 83.7 Å². The van der Waals surface area contributed by atoms with E-state index in [-0.39, 0.29) is 5.91 Å². The summed E-state index contributed by atoms with van der Waals surface area (Å²) in [6.07, 6.45) is 0.726. The molecule has 6 nitrogen and oxygen atoms in total. The van der Waals surface area contributed by atoms with Crippen LogP contribution in [0.15, 0.2) is 72.1 Å². The molecule has 0 spiro atoms. The van der Waals surface area contributed by atoms with E-state index in [2.05, 4.69) is 0 Å². The van der Waals surface area contributed by atoms with E-state index in [4.69, 9.17) is 14.8 Å². The lowest BCUT2D eigenvalue weighted by Crippen LogP contribution is -2.31. The van der Waals surface area contributed by atoms with Crippen LogP contribution in [0.1, 0.15) is 21.8 Å². The second-order valence-electron chi connectivity index (χ2n) is 7.85. The monoisotopic (exact) mass is 488 g/mol. The molecule has 0 saturated carbocycles. The Morgan fingerprint density at radius 3 is 2.56 bits per heavy atom. The number of aryl methyl sites for hydroxylation is 1. The first-order valence-corrected chi connectivity index (χ1v) is 12.7. The Morgan fingerprint density at radius 1 is 1.09 bits per heavy atom. The lowest BCUT2D eigenvalue weighted by molar-refractivity contribution is 0.0987. The predicted octanol–water partition coefficient (Wildman–Crippen LogP) is 6.20. The minimum Gasteiger partial charge on any atom is -0.385 e. The van der Waals surface area contributed by atoms with Crippen molar-refractivity contribution in [2.24, 2.45) is 0 Å². The van der Waals surface area contributed by atoms with Crippen LogP contribution in [-0.4, -0.2) is 40.9 Å². The van der Waals surface area contributed by atoms with Crippen LogP contribution >= 0.6 is 22.7 Å². The number of carbonyl (C=O) groups is 1. The van der Waals surface area contributed by atoms with Crippen LogP contribution in [0.25, 0.3) is 27.2 Å². The predicted molar refractivity (Wildman–Crippen MR) is 139 cm³/mol. The third kappa shape index (κ3) is 4.40. The molecular weight excluding hydrogens is 464 g/mol. The number of aromatic nitrogens is 3. The highest BCUT2D eigenvalue weighted by Crippen LogP contribution is 2.33. The summed E-state index contributed by atoms with van der Waals surface area (Å²) in [6, 6.07) is 22.0. The van der Waals surface area contributed by atoms with Crippen molar-refractivity contribution in [2.75, 3.05) is 25.2 Å². The SMILES string of the molecule is COCCCN(C(=O)c1cc2c(C)nn(-c3ccccc3)c2s1)c1nc(-c2ccccc2)cs1. The molecule has 3 aromatic heterocycles. The molecule has 0 fully saturated rings. The molecular formula is C26H24N4O2S2. The Kier molecular flexibility index (Phi) is 6.53. The molecule has 8 heteroatoms. The summed E-state index contributed by atoms with van der Waals surface area (Å²) >= 11 is 2.95. The van der Waals surface area contributed by atoms with E-state index in [0.717, 1.165) is 39.3 Å². The van der Waals surface area contributed by atoms with Gasteiger partial charge in [0.05, 0.1) is 22.0 Å². The van der Waals surface area contributed by atoms with Crippen LogP contribution in [-0.2, 0) is 4.74 Å². The summed E-state index contributed by atoms with van der Waals surface area (Å²) in [5.74, 6) is -0.0507. The van der Waals surface area contributed by atoms with Gasteiger partial charge in [0, 0.05) is 36.6 Å². The summed E-state index contributed by atoms with van der Waals surface area (Å²) < 4.78 is 7.16. The minimum absolute atomic E-state index is 0.0507.